The first kappa shape index (κ1) is 14.3. The molecule has 0 aliphatic carbocycles. The van der Waals surface area contributed by atoms with Gasteiger partial charge in [0.2, 0.25) is 0 Å². The zero-order chi connectivity index (χ0) is 15.0. The molecule has 21 heavy (non-hydrogen) atoms. The molecule has 0 aromatic heterocycles. The molecular formula is C17H21NO3. The summed E-state index contributed by atoms with van der Waals surface area (Å²) in [5.74, 6) is 0.0917. The third-order valence-electron chi connectivity index (χ3n) is 4.58. The molecule has 1 aromatic rings. The van der Waals surface area contributed by atoms with Crippen LogP contribution in [0.4, 0.5) is 5.69 Å². The number of anilines is 1. The molecule has 3 atom stereocenters. The van der Waals surface area contributed by atoms with E-state index in [-0.39, 0.29) is 24.5 Å². The Labute approximate surface area is 125 Å². The highest BCUT2D eigenvalue weighted by molar-refractivity contribution is 6.07. The van der Waals surface area contributed by atoms with Gasteiger partial charge in [0.1, 0.15) is 0 Å². The van der Waals surface area contributed by atoms with Gasteiger partial charge in [-0.05, 0) is 18.9 Å². The van der Waals surface area contributed by atoms with E-state index in [2.05, 4.69) is 13.5 Å². The standard InChI is InChI=1S/C17H21NO3/c1-3-9-18-15-7-5-4-6-14(15)17(16(18)20)12(2)11-13(21-17)8-10-19/h3-7,12-13,19H,1,8-11H2,2H3/t12-,13+,17+/m1/s1. The second kappa shape index (κ2) is 5.28. The fourth-order valence-corrected chi connectivity index (χ4v) is 3.66. The quantitative estimate of drug-likeness (QED) is 0.864. The lowest BCUT2D eigenvalue weighted by atomic mass is 9.83. The Morgan fingerprint density at radius 2 is 2.29 bits per heavy atom. The van der Waals surface area contributed by atoms with Crippen LogP contribution in [0.5, 0.6) is 0 Å². The molecule has 1 amide bonds. The van der Waals surface area contributed by atoms with Gasteiger partial charge in [-0.15, -0.1) is 6.58 Å². The molecule has 0 bridgehead atoms. The van der Waals surface area contributed by atoms with Crippen LogP contribution in [0.2, 0.25) is 0 Å². The maximum Gasteiger partial charge on any atom is 0.264 e. The van der Waals surface area contributed by atoms with E-state index in [9.17, 15) is 4.79 Å². The Morgan fingerprint density at radius 1 is 1.52 bits per heavy atom. The maximum atomic E-state index is 13.0. The van der Waals surface area contributed by atoms with Gasteiger partial charge < -0.3 is 14.7 Å². The summed E-state index contributed by atoms with van der Waals surface area (Å²) in [7, 11) is 0. The highest BCUT2D eigenvalue weighted by atomic mass is 16.5. The third-order valence-corrected chi connectivity index (χ3v) is 4.58. The molecule has 112 valence electrons. The van der Waals surface area contributed by atoms with Crippen molar-refractivity contribution < 1.29 is 14.6 Å². The molecule has 0 unspecified atom stereocenters. The normalized spacial score (nSPS) is 31.0. The van der Waals surface area contributed by atoms with E-state index in [1.807, 2.05) is 24.3 Å². The van der Waals surface area contributed by atoms with E-state index in [0.29, 0.717) is 13.0 Å². The largest absolute Gasteiger partial charge is 0.396 e. The molecule has 3 rings (SSSR count). The first-order valence-corrected chi connectivity index (χ1v) is 7.46. The van der Waals surface area contributed by atoms with Crippen molar-refractivity contribution in [2.45, 2.75) is 31.5 Å². The van der Waals surface area contributed by atoms with Crippen molar-refractivity contribution >= 4 is 11.6 Å². The number of para-hydroxylation sites is 1. The fraction of sp³-hybridized carbons (Fsp3) is 0.471. The number of aliphatic hydroxyl groups is 1. The monoisotopic (exact) mass is 287 g/mol. The van der Waals surface area contributed by atoms with Crippen LogP contribution in [0.25, 0.3) is 0 Å². The molecule has 4 heteroatoms. The highest BCUT2D eigenvalue weighted by Gasteiger charge is 2.59. The average Bonchev–Trinajstić information content (AvgIpc) is 2.92. The van der Waals surface area contributed by atoms with Crippen LogP contribution in [0.15, 0.2) is 36.9 Å². The van der Waals surface area contributed by atoms with E-state index < -0.39 is 5.60 Å². The molecule has 1 N–H and O–H groups in total. The van der Waals surface area contributed by atoms with Crippen molar-refractivity contribution in [2.75, 3.05) is 18.1 Å². The van der Waals surface area contributed by atoms with Crippen LogP contribution in [-0.4, -0.2) is 30.3 Å². The molecule has 1 saturated heterocycles. The van der Waals surface area contributed by atoms with Crippen LogP contribution < -0.4 is 4.90 Å². The van der Waals surface area contributed by atoms with Gasteiger partial charge in [-0.1, -0.05) is 31.2 Å². The number of benzene rings is 1. The number of ether oxygens (including phenoxy) is 1. The lowest BCUT2D eigenvalue weighted by molar-refractivity contribution is -0.146. The number of nitrogens with zero attached hydrogens (tertiary/aromatic N) is 1. The SMILES string of the molecule is C=CCN1C(=O)[C@@]2(O[C@@H](CCO)C[C@H]2C)c2ccccc21. The lowest BCUT2D eigenvalue weighted by Crippen LogP contribution is -2.44. The topological polar surface area (TPSA) is 49.8 Å². The van der Waals surface area contributed by atoms with Crippen LogP contribution in [-0.2, 0) is 15.1 Å². The fourth-order valence-electron chi connectivity index (χ4n) is 3.66. The summed E-state index contributed by atoms with van der Waals surface area (Å²) in [5.41, 5.74) is 0.975. The van der Waals surface area contributed by atoms with E-state index >= 15 is 0 Å². The molecule has 2 heterocycles. The number of rotatable bonds is 4. The Balaban J connectivity index is 2.06. The van der Waals surface area contributed by atoms with Gasteiger partial charge in [-0.2, -0.15) is 0 Å². The summed E-state index contributed by atoms with van der Waals surface area (Å²) in [5, 5.41) is 9.15. The van der Waals surface area contributed by atoms with Gasteiger partial charge in [0.25, 0.3) is 5.91 Å². The van der Waals surface area contributed by atoms with Gasteiger partial charge in [0.05, 0.1) is 11.8 Å². The molecule has 2 aliphatic heterocycles. The van der Waals surface area contributed by atoms with Gasteiger partial charge in [-0.3, -0.25) is 4.79 Å². The Morgan fingerprint density at radius 3 is 3.00 bits per heavy atom. The smallest absolute Gasteiger partial charge is 0.264 e. The molecule has 1 aromatic carbocycles. The molecule has 0 saturated carbocycles. The number of aliphatic hydroxyl groups excluding tert-OH is 1. The van der Waals surface area contributed by atoms with E-state index in [1.165, 1.54) is 0 Å². The predicted octanol–water partition coefficient (Wildman–Crippen LogP) is 2.22. The minimum absolute atomic E-state index is 0.00320. The van der Waals surface area contributed by atoms with Gasteiger partial charge in [0.15, 0.2) is 5.60 Å². The van der Waals surface area contributed by atoms with Crippen molar-refractivity contribution in [1.82, 2.24) is 0 Å². The summed E-state index contributed by atoms with van der Waals surface area (Å²) >= 11 is 0. The van der Waals surface area contributed by atoms with Crippen molar-refractivity contribution in [3.8, 4) is 0 Å². The van der Waals surface area contributed by atoms with Gasteiger partial charge >= 0.3 is 0 Å². The van der Waals surface area contributed by atoms with Crippen LogP contribution in [0.1, 0.15) is 25.3 Å². The molecule has 4 nitrogen and oxygen atoms in total. The molecular weight excluding hydrogens is 266 g/mol. The van der Waals surface area contributed by atoms with Crippen molar-refractivity contribution in [3.63, 3.8) is 0 Å². The Kier molecular flexibility index (Phi) is 3.59. The second-order valence-corrected chi connectivity index (χ2v) is 5.85. The summed E-state index contributed by atoms with van der Waals surface area (Å²) < 4.78 is 6.19. The summed E-state index contributed by atoms with van der Waals surface area (Å²) in [6, 6.07) is 7.82. The average molecular weight is 287 g/mol. The number of carbonyl (C=O) groups is 1. The van der Waals surface area contributed by atoms with Crippen molar-refractivity contribution in [3.05, 3.63) is 42.5 Å². The Bertz CT molecular complexity index is 571. The number of hydrogen-bond acceptors (Lipinski definition) is 3. The van der Waals surface area contributed by atoms with E-state index in [0.717, 1.165) is 17.7 Å². The van der Waals surface area contributed by atoms with Crippen LogP contribution >= 0.6 is 0 Å². The van der Waals surface area contributed by atoms with Crippen LogP contribution in [0, 0.1) is 5.92 Å². The maximum absolute atomic E-state index is 13.0. The number of fused-ring (bicyclic) bond motifs is 2. The highest BCUT2D eigenvalue weighted by Crippen LogP contribution is 2.53. The summed E-state index contributed by atoms with van der Waals surface area (Å²) in [6.07, 6.45) is 3.04. The summed E-state index contributed by atoms with van der Waals surface area (Å²) in [4.78, 5) is 14.8. The predicted molar refractivity (Wildman–Crippen MR) is 81.0 cm³/mol. The lowest BCUT2D eigenvalue weighted by Gasteiger charge is -2.27. The molecule has 1 spiro atoms. The molecule has 1 fully saturated rings. The van der Waals surface area contributed by atoms with Gasteiger partial charge in [-0.25, -0.2) is 0 Å². The number of amides is 1. The van der Waals surface area contributed by atoms with Crippen molar-refractivity contribution in [1.29, 1.82) is 0 Å². The number of hydrogen-bond donors (Lipinski definition) is 1. The Hall–Kier alpha value is -1.65. The third kappa shape index (κ3) is 1.93. The van der Waals surface area contributed by atoms with Crippen molar-refractivity contribution in [2.24, 2.45) is 5.92 Å². The van der Waals surface area contributed by atoms with Crippen LogP contribution in [0.3, 0.4) is 0 Å². The minimum atomic E-state index is -0.889. The first-order valence-electron chi connectivity index (χ1n) is 7.46. The second-order valence-electron chi connectivity index (χ2n) is 5.85. The van der Waals surface area contributed by atoms with E-state index in [4.69, 9.17) is 9.84 Å². The summed E-state index contributed by atoms with van der Waals surface area (Å²) in [6.45, 7) is 6.37. The molecule has 0 radical (unpaired) electrons. The van der Waals surface area contributed by atoms with Gasteiger partial charge in [0, 0.05) is 24.6 Å². The first-order chi connectivity index (χ1) is 10.1. The molecule has 2 aliphatic rings. The number of carbonyl (C=O) groups excluding carboxylic acids is 1. The zero-order valence-corrected chi connectivity index (χ0v) is 12.3. The minimum Gasteiger partial charge on any atom is -0.396 e. The zero-order valence-electron chi connectivity index (χ0n) is 12.3. The van der Waals surface area contributed by atoms with E-state index in [1.54, 1.807) is 11.0 Å².